The van der Waals surface area contributed by atoms with Gasteiger partial charge in [-0.15, -0.1) is 0 Å². The van der Waals surface area contributed by atoms with Crippen molar-refractivity contribution in [3.63, 3.8) is 0 Å². The molecule has 0 radical (unpaired) electrons. The third-order valence-electron chi connectivity index (χ3n) is 3.57. The summed E-state index contributed by atoms with van der Waals surface area (Å²) in [5, 5.41) is 2.93. The van der Waals surface area contributed by atoms with E-state index in [1.165, 1.54) is 12.1 Å². The lowest BCUT2D eigenvalue weighted by molar-refractivity contribution is 0.0928. The third kappa shape index (κ3) is 3.76. The van der Waals surface area contributed by atoms with Gasteiger partial charge < -0.3 is 11.1 Å². The second kappa shape index (κ2) is 6.48. The lowest BCUT2D eigenvalue weighted by Gasteiger charge is -2.22. The molecule has 104 valence electrons. The summed E-state index contributed by atoms with van der Waals surface area (Å²) in [5.74, 6) is -0.688. The molecule has 0 aromatic heterocycles. The monoisotopic (exact) mass is 328 g/mol. The highest BCUT2D eigenvalue weighted by atomic mass is 79.9. The molecular formula is C14H18BrFN2O. The van der Waals surface area contributed by atoms with Gasteiger partial charge in [0.1, 0.15) is 5.82 Å². The molecule has 0 saturated heterocycles. The molecule has 19 heavy (non-hydrogen) atoms. The van der Waals surface area contributed by atoms with E-state index in [0.717, 1.165) is 32.1 Å². The van der Waals surface area contributed by atoms with Crippen LogP contribution in [0.2, 0.25) is 0 Å². The van der Waals surface area contributed by atoms with Crippen molar-refractivity contribution in [1.82, 2.24) is 5.32 Å². The Morgan fingerprint density at radius 1 is 1.32 bits per heavy atom. The van der Waals surface area contributed by atoms with E-state index in [0.29, 0.717) is 10.0 Å². The Hall–Kier alpha value is -0.940. The molecule has 0 aliphatic heterocycles. The van der Waals surface area contributed by atoms with Crippen molar-refractivity contribution in [1.29, 1.82) is 0 Å². The van der Waals surface area contributed by atoms with Crippen molar-refractivity contribution in [2.75, 3.05) is 0 Å². The van der Waals surface area contributed by atoms with E-state index in [1.807, 2.05) is 0 Å². The maximum Gasteiger partial charge on any atom is 0.251 e. The molecule has 1 fully saturated rings. The zero-order chi connectivity index (χ0) is 13.8. The molecule has 2 unspecified atom stereocenters. The Balaban J connectivity index is 2.05. The molecule has 1 aliphatic rings. The van der Waals surface area contributed by atoms with Gasteiger partial charge in [-0.3, -0.25) is 4.79 Å². The molecular weight excluding hydrogens is 311 g/mol. The first kappa shape index (κ1) is 14.5. The number of nitrogens with two attached hydrogens (primary N) is 1. The summed E-state index contributed by atoms with van der Waals surface area (Å²) in [6.07, 6.45) is 5.17. The van der Waals surface area contributed by atoms with Crippen LogP contribution in [0.1, 0.15) is 42.5 Å². The number of benzene rings is 1. The topological polar surface area (TPSA) is 55.1 Å². The summed E-state index contributed by atoms with van der Waals surface area (Å²) in [7, 11) is 0. The number of amides is 1. The SMILES string of the molecule is NC1CCCCCC1NC(=O)c1ccc(Br)c(F)c1. The van der Waals surface area contributed by atoms with E-state index in [2.05, 4.69) is 21.2 Å². The Morgan fingerprint density at radius 2 is 2.05 bits per heavy atom. The summed E-state index contributed by atoms with van der Waals surface area (Å²) < 4.78 is 13.8. The molecule has 2 atom stereocenters. The van der Waals surface area contributed by atoms with Gasteiger partial charge in [0, 0.05) is 17.6 Å². The summed E-state index contributed by atoms with van der Waals surface area (Å²) in [5.41, 5.74) is 6.39. The lowest BCUT2D eigenvalue weighted by Crippen LogP contribution is -2.46. The highest BCUT2D eigenvalue weighted by molar-refractivity contribution is 9.10. The molecule has 0 heterocycles. The lowest BCUT2D eigenvalue weighted by atomic mass is 10.0. The number of carbonyl (C=O) groups excluding carboxylic acids is 1. The molecule has 2 rings (SSSR count). The molecule has 1 amide bonds. The smallest absolute Gasteiger partial charge is 0.251 e. The van der Waals surface area contributed by atoms with Crippen molar-refractivity contribution in [2.24, 2.45) is 5.73 Å². The number of halogens is 2. The first-order valence-electron chi connectivity index (χ1n) is 6.59. The van der Waals surface area contributed by atoms with Crippen LogP contribution in [0.15, 0.2) is 22.7 Å². The summed E-state index contributed by atoms with van der Waals surface area (Å²) >= 11 is 3.07. The van der Waals surface area contributed by atoms with E-state index in [9.17, 15) is 9.18 Å². The summed E-state index contributed by atoms with van der Waals surface area (Å²) in [6.45, 7) is 0. The molecule has 3 nitrogen and oxygen atoms in total. The van der Waals surface area contributed by atoms with E-state index in [-0.39, 0.29) is 18.0 Å². The second-order valence-electron chi connectivity index (χ2n) is 5.01. The highest BCUT2D eigenvalue weighted by Gasteiger charge is 2.22. The van der Waals surface area contributed by atoms with Crippen LogP contribution in [0, 0.1) is 5.82 Å². The van der Waals surface area contributed by atoms with Crippen molar-refractivity contribution in [3.05, 3.63) is 34.1 Å². The van der Waals surface area contributed by atoms with Gasteiger partial charge in [-0.2, -0.15) is 0 Å². The first-order chi connectivity index (χ1) is 9.08. The largest absolute Gasteiger partial charge is 0.348 e. The van der Waals surface area contributed by atoms with Crippen molar-refractivity contribution < 1.29 is 9.18 Å². The molecule has 1 aromatic carbocycles. The van der Waals surface area contributed by atoms with E-state index in [4.69, 9.17) is 5.73 Å². The van der Waals surface area contributed by atoms with E-state index >= 15 is 0 Å². The number of carbonyl (C=O) groups is 1. The molecule has 5 heteroatoms. The second-order valence-corrected chi connectivity index (χ2v) is 5.87. The highest BCUT2D eigenvalue weighted by Crippen LogP contribution is 2.19. The van der Waals surface area contributed by atoms with Gasteiger partial charge in [-0.1, -0.05) is 19.3 Å². The number of hydrogen-bond acceptors (Lipinski definition) is 2. The minimum absolute atomic E-state index is 0.00764. The normalized spacial score (nSPS) is 23.7. The van der Waals surface area contributed by atoms with Crippen LogP contribution in [0.4, 0.5) is 4.39 Å². The van der Waals surface area contributed by atoms with Gasteiger partial charge in [0.2, 0.25) is 0 Å². The maximum atomic E-state index is 13.4. The van der Waals surface area contributed by atoms with Crippen LogP contribution in [-0.4, -0.2) is 18.0 Å². The Bertz CT molecular complexity index is 467. The fraction of sp³-hybridized carbons (Fsp3) is 0.500. The number of rotatable bonds is 2. The molecule has 1 saturated carbocycles. The van der Waals surface area contributed by atoms with Gasteiger partial charge in [-0.25, -0.2) is 4.39 Å². The zero-order valence-corrected chi connectivity index (χ0v) is 12.2. The molecule has 0 bridgehead atoms. The number of nitrogens with one attached hydrogen (secondary N) is 1. The minimum Gasteiger partial charge on any atom is -0.348 e. The van der Waals surface area contributed by atoms with Crippen LogP contribution in [0.5, 0.6) is 0 Å². The van der Waals surface area contributed by atoms with E-state index in [1.54, 1.807) is 6.07 Å². The van der Waals surface area contributed by atoms with Gasteiger partial charge >= 0.3 is 0 Å². The van der Waals surface area contributed by atoms with E-state index < -0.39 is 5.82 Å². The first-order valence-corrected chi connectivity index (χ1v) is 7.38. The average molecular weight is 329 g/mol. The van der Waals surface area contributed by atoms with Crippen LogP contribution >= 0.6 is 15.9 Å². The molecule has 1 aliphatic carbocycles. The Labute approximate surface area is 120 Å². The Morgan fingerprint density at radius 3 is 2.79 bits per heavy atom. The molecule has 3 N–H and O–H groups in total. The maximum absolute atomic E-state index is 13.4. The van der Waals surface area contributed by atoms with Gasteiger partial charge in [0.05, 0.1) is 4.47 Å². The third-order valence-corrected chi connectivity index (χ3v) is 4.21. The predicted octanol–water partition coefficient (Wildman–Crippen LogP) is 2.98. The van der Waals surface area contributed by atoms with Crippen molar-refractivity contribution in [3.8, 4) is 0 Å². The van der Waals surface area contributed by atoms with Gasteiger partial charge in [0.15, 0.2) is 0 Å². The van der Waals surface area contributed by atoms with Crippen molar-refractivity contribution >= 4 is 21.8 Å². The van der Waals surface area contributed by atoms with Crippen LogP contribution in [0.25, 0.3) is 0 Å². The predicted molar refractivity (Wildman–Crippen MR) is 76.4 cm³/mol. The summed E-state index contributed by atoms with van der Waals surface area (Å²) in [6, 6.07) is 4.36. The average Bonchev–Trinajstić information content (AvgIpc) is 2.58. The standard InChI is InChI=1S/C14H18BrFN2O/c15-10-7-6-9(8-11(10)16)14(19)18-13-5-3-1-2-4-12(13)17/h6-8,12-13H,1-5,17H2,(H,18,19). The quantitative estimate of drug-likeness (QED) is 0.820. The van der Waals surface area contributed by atoms with Gasteiger partial charge in [0.25, 0.3) is 5.91 Å². The summed E-state index contributed by atoms with van der Waals surface area (Å²) in [4.78, 5) is 12.1. The van der Waals surface area contributed by atoms with Crippen LogP contribution < -0.4 is 11.1 Å². The Kier molecular flexibility index (Phi) is 4.93. The molecule has 0 spiro atoms. The fourth-order valence-corrected chi connectivity index (χ4v) is 2.65. The fourth-order valence-electron chi connectivity index (χ4n) is 2.40. The van der Waals surface area contributed by atoms with Gasteiger partial charge in [-0.05, 0) is 47.0 Å². The number of hydrogen-bond donors (Lipinski definition) is 2. The van der Waals surface area contributed by atoms with Crippen molar-refractivity contribution in [2.45, 2.75) is 44.2 Å². The zero-order valence-electron chi connectivity index (χ0n) is 10.7. The van der Waals surface area contributed by atoms with Crippen LogP contribution in [0.3, 0.4) is 0 Å². The van der Waals surface area contributed by atoms with Crippen LogP contribution in [-0.2, 0) is 0 Å². The minimum atomic E-state index is -0.433. The molecule has 1 aromatic rings.